The maximum absolute atomic E-state index is 11.0. The zero-order valence-corrected chi connectivity index (χ0v) is 7.02. The fourth-order valence-corrected chi connectivity index (χ4v) is 2.57. The molecule has 1 aliphatic heterocycles. The van der Waals surface area contributed by atoms with E-state index < -0.39 is 9.84 Å². The Hall–Kier alpha value is -0.0900. The lowest BCUT2D eigenvalue weighted by atomic mass is 10.3. The van der Waals surface area contributed by atoms with Crippen LogP contribution in [0.5, 0.6) is 0 Å². The van der Waals surface area contributed by atoms with E-state index in [9.17, 15) is 8.42 Å². The van der Waals surface area contributed by atoms with Gasteiger partial charge in [0.05, 0.1) is 11.4 Å². The second-order valence-corrected chi connectivity index (χ2v) is 5.00. The molecule has 10 heavy (non-hydrogen) atoms. The lowest BCUT2D eigenvalue weighted by molar-refractivity contribution is 0.126. The first-order valence-electron chi connectivity index (χ1n) is 3.32. The Labute approximate surface area is 61.3 Å². The lowest BCUT2D eigenvalue weighted by Gasteiger charge is -2.10. The van der Waals surface area contributed by atoms with Crippen LogP contribution in [0.25, 0.3) is 0 Å². The van der Waals surface area contributed by atoms with Crippen LogP contribution in [0.3, 0.4) is 0 Å². The molecule has 4 heteroatoms. The van der Waals surface area contributed by atoms with Gasteiger partial charge in [0.15, 0.2) is 9.84 Å². The van der Waals surface area contributed by atoms with E-state index in [0.29, 0.717) is 13.0 Å². The highest BCUT2D eigenvalue weighted by Crippen LogP contribution is 2.19. The summed E-state index contributed by atoms with van der Waals surface area (Å²) in [6, 6.07) is 0. The summed E-state index contributed by atoms with van der Waals surface area (Å²) < 4.78 is 27.0. The van der Waals surface area contributed by atoms with Crippen LogP contribution < -0.4 is 0 Å². The highest BCUT2D eigenvalue weighted by Gasteiger charge is 2.32. The minimum absolute atomic E-state index is 0.116. The molecule has 3 nitrogen and oxygen atoms in total. The SMILES string of the molecule is CC1OCCC1S(C)(=O)=O. The van der Waals surface area contributed by atoms with E-state index >= 15 is 0 Å². The van der Waals surface area contributed by atoms with E-state index in [4.69, 9.17) is 4.74 Å². The van der Waals surface area contributed by atoms with Gasteiger partial charge in [-0.05, 0) is 13.3 Å². The third-order valence-corrected chi connectivity index (χ3v) is 3.58. The van der Waals surface area contributed by atoms with E-state index in [-0.39, 0.29) is 11.4 Å². The highest BCUT2D eigenvalue weighted by atomic mass is 32.2. The molecule has 1 rings (SSSR count). The maximum Gasteiger partial charge on any atom is 0.152 e. The summed E-state index contributed by atoms with van der Waals surface area (Å²) in [6.07, 6.45) is 1.80. The minimum atomic E-state index is -2.88. The molecule has 0 bridgehead atoms. The van der Waals surface area contributed by atoms with E-state index in [1.165, 1.54) is 6.26 Å². The summed E-state index contributed by atoms with van der Waals surface area (Å²) >= 11 is 0. The summed E-state index contributed by atoms with van der Waals surface area (Å²) in [7, 11) is -2.88. The van der Waals surface area contributed by atoms with Gasteiger partial charge < -0.3 is 4.74 Å². The van der Waals surface area contributed by atoms with Crippen LogP contribution in [0.2, 0.25) is 0 Å². The number of ether oxygens (including phenoxy) is 1. The van der Waals surface area contributed by atoms with Crippen molar-refractivity contribution in [2.75, 3.05) is 12.9 Å². The quantitative estimate of drug-likeness (QED) is 0.556. The van der Waals surface area contributed by atoms with Gasteiger partial charge in [0.25, 0.3) is 0 Å². The predicted octanol–water partition coefficient (Wildman–Crippen LogP) is 0.208. The third kappa shape index (κ3) is 1.49. The van der Waals surface area contributed by atoms with Gasteiger partial charge in [0.2, 0.25) is 0 Å². The van der Waals surface area contributed by atoms with Crippen molar-refractivity contribution in [3.8, 4) is 0 Å². The van der Waals surface area contributed by atoms with Crippen molar-refractivity contribution < 1.29 is 13.2 Å². The molecule has 1 fully saturated rings. The molecule has 0 aromatic heterocycles. The molecule has 0 N–H and O–H groups in total. The van der Waals surface area contributed by atoms with Gasteiger partial charge in [-0.2, -0.15) is 0 Å². The molecule has 0 radical (unpaired) electrons. The molecule has 60 valence electrons. The smallest absolute Gasteiger partial charge is 0.152 e. The Bertz CT molecular complexity index is 207. The summed E-state index contributed by atoms with van der Waals surface area (Å²) in [4.78, 5) is 0. The molecule has 0 aromatic carbocycles. The van der Waals surface area contributed by atoms with Gasteiger partial charge in [-0.3, -0.25) is 0 Å². The second-order valence-electron chi connectivity index (χ2n) is 2.73. The topological polar surface area (TPSA) is 43.4 Å². The summed E-state index contributed by atoms with van der Waals surface area (Å²) in [5.74, 6) is 0. The van der Waals surface area contributed by atoms with Crippen LogP contribution in [0.4, 0.5) is 0 Å². The van der Waals surface area contributed by atoms with Crippen molar-refractivity contribution in [3.05, 3.63) is 0 Å². The summed E-state index contributed by atoms with van der Waals surface area (Å²) in [5, 5.41) is -0.271. The normalized spacial score (nSPS) is 34.6. The van der Waals surface area contributed by atoms with Gasteiger partial charge in [-0.15, -0.1) is 0 Å². The van der Waals surface area contributed by atoms with Gasteiger partial charge >= 0.3 is 0 Å². The Morgan fingerprint density at radius 2 is 2.10 bits per heavy atom. The number of hydrogen-bond acceptors (Lipinski definition) is 3. The van der Waals surface area contributed by atoms with Crippen LogP contribution in [0.1, 0.15) is 13.3 Å². The summed E-state index contributed by atoms with van der Waals surface area (Å²) in [6.45, 7) is 2.39. The lowest BCUT2D eigenvalue weighted by Crippen LogP contribution is -2.26. The van der Waals surface area contributed by atoms with E-state index in [1.807, 2.05) is 0 Å². The minimum Gasteiger partial charge on any atom is -0.377 e. The third-order valence-electron chi connectivity index (χ3n) is 1.86. The molecule has 0 aromatic rings. The van der Waals surface area contributed by atoms with Crippen molar-refractivity contribution in [2.24, 2.45) is 0 Å². The van der Waals surface area contributed by atoms with Crippen molar-refractivity contribution in [1.29, 1.82) is 0 Å². The Morgan fingerprint density at radius 1 is 1.50 bits per heavy atom. The predicted molar refractivity (Wildman–Crippen MR) is 38.7 cm³/mol. The molecular weight excluding hydrogens is 152 g/mol. The monoisotopic (exact) mass is 164 g/mol. The van der Waals surface area contributed by atoms with Gasteiger partial charge in [0, 0.05) is 12.9 Å². The van der Waals surface area contributed by atoms with Gasteiger partial charge in [-0.1, -0.05) is 0 Å². The molecule has 0 saturated carbocycles. The Balaban J connectivity index is 2.74. The summed E-state index contributed by atoms with van der Waals surface area (Å²) in [5.41, 5.74) is 0. The maximum atomic E-state index is 11.0. The average Bonchev–Trinajstić information content (AvgIpc) is 2.11. The van der Waals surface area contributed by atoms with E-state index in [2.05, 4.69) is 0 Å². The van der Waals surface area contributed by atoms with E-state index in [0.717, 1.165) is 0 Å². The van der Waals surface area contributed by atoms with Crippen LogP contribution in [0, 0.1) is 0 Å². The Morgan fingerprint density at radius 3 is 2.30 bits per heavy atom. The molecule has 0 aliphatic carbocycles. The Kier molecular flexibility index (Phi) is 2.01. The fraction of sp³-hybridized carbons (Fsp3) is 1.00. The van der Waals surface area contributed by atoms with Crippen molar-refractivity contribution in [3.63, 3.8) is 0 Å². The first kappa shape index (κ1) is 8.01. The first-order chi connectivity index (χ1) is 4.52. The molecular formula is C6H12O3S. The molecule has 0 spiro atoms. The van der Waals surface area contributed by atoms with Crippen LogP contribution >= 0.6 is 0 Å². The van der Waals surface area contributed by atoms with E-state index in [1.54, 1.807) is 6.92 Å². The number of sulfone groups is 1. The molecule has 1 heterocycles. The first-order valence-corrected chi connectivity index (χ1v) is 5.28. The molecule has 1 saturated heterocycles. The molecule has 0 amide bonds. The number of rotatable bonds is 1. The van der Waals surface area contributed by atoms with Crippen molar-refractivity contribution in [1.82, 2.24) is 0 Å². The zero-order chi connectivity index (χ0) is 7.78. The zero-order valence-electron chi connectivity index (χ0n) is 6.20. The van der Waals surface area contributed by atoms with Crippen LogP contribution in [-0.2, 0) is 14.6 Å². The molecule has 1 aliphatic rings. The largest absolute Gasteiger partial charge is 0.377 e. The van der Waals surface area contributed by atoms with Crippen molar-refractivity contribution >= 4 is 9.84 Å². The standard InChI is InChI=1S/C6H12O3S/c1-5-6(3-4-9-5)10(2,7)8/h5-6H,3-4H2,1-2H3. The highest BCUT2D eigenvalue weighted by molar-refractivity contribution is 7.91. The second kappa shape index (κ2) is 2.51. The van der Waals surface area contributed by atoms with Crippen molar-refractivity contribution in [2.45, 2.75) is 24.7 Å². The van der Waals surface area contributed by atoms with Crippen LogP contribution in [-0.4, -0.2) is 32.6 Å². The van der Waals surface area contributed by atoms with Gasteiger partial charge in [-0.25, -0.2) is 8.42 Å². The molecule has 2 unspecified atom stereocenters. The fourth-order valence-electron chi connectivity index (χ4n) is 1.27. The average molecular weight is 164 g/mol. The molecule has 2 atom stereocenters. The van der Waals surface area contributed by atoms with Crippen LogP contribution in [0.15, 0.2) is 0 Å². The van der Waals surface area contributed by atoms with Gasteiger partial charge in [0.1, 0.15) is 0 Å². The number of hydrogen-bond donors (Lipinski definition) is 0.